The Morgan fingerprint density at radius 1 is 1.14 bits per heavy atom. The van der Waals surface area contributed by atoms with E-state index in [2.05, 4.69) is 9.71 Å². The molecule has 8 nitrogen and oxygen atoms in total. The molecule has 1 aliphatic heterocycles. The van der Waals surface area contributed by atoms with Gasteiger partial charge in [-0.15, -0.1) is 0 Å². The molecule has 2 aromatic rings. The summed E-state index contributed by atoms with van der Waals surface area (Å²) in [6, 6.07) is 10.7. The molecule has 158 valence electrons. The van der Waals surface area contributed by atoms with Crippen LogP contribution in [0.1, 0.15) is 26.3 Å². The van der Waals surface area contributed by atoms with E-state index >= 15 is 0 Å². The maximum Gasteiger partial charge on any atom is 0.279 e. The van der Waals surface area contributed by atoms with Crippen LogP contribution in [0.15, 0.2) is 42.6 Å². The fourth-order valence-electron chi connectivity index (χ4n) is 3.10. The minimum absolute atomic E-state index is 0.134. The SMILES string of the molecule is CCOc1ccc(Oc2cc(CNS(=O)(=O)N3CC(C)OC(C)C3)ccn2)cc1. The summed E-state index contributed by atoms with van der Waals surface area (Å²) in [5.41, 5.74) is 0.749. The maximum atomic E-state index is 12.6. The molecule has 0 radical (unpaired) electrons. The summed E-state index contributed by atoms with van der Waals surface area (Å²) in [5.74, 6) is 1.78. The number of benzene rings is 1. The zero-order valence-electron chi connectivity index (χ0n) is 16.9. The van der Waals surface area contributed by atoms with Gasteiger partial charge in [-0.05, 0) is 56.7 Å². The van der Waals surface area contributed by atoms with Gasteiger partial charge in [0.05, 0.1) is 18.8 Å². The van der Waals surface area contributed by atoms with Crippen molar-refractivity contribution in [1.29, 1.82) is 0 Å². The van der Waals surface area contributed by atoms with E-state index in [1.54, 1.807) is 30.5 Å². The highest BCUT2D eigenvalue weighted by atomic mass is 32.2. The third kappa shape index (κ3) is 6.14. The van der Waals surface area contributed by atoms with Gasteiger partial charge in [0, 0.05) is 31.9 Å². The highest BCUT2D eigenvalue weighted by Gasteiger charge is 2.30. The van der Waals surface area contributed by atoms with Crippen LogP contribution in [-0.2, 0) is 21.5 Å². The van der Waals surface area contributed by atoms with Gasteiger partial charge in [0.15, 0.2) is 0 Å². The fraction of sp³-hybridized carbons (Fsp3) is 0.450. The molecule has 1 aromatic heterocycles. The van der Waals surface area contributed by atoms with Gasteiger partial charge < -0.3 is 14.2 Å². The molecule has 0 spiro atoms. The Morgan fingerprint density at radius 2 is 1.79 bits per heavy atom. The summed E-state index contributed by atoms with van der Waals surface area (Å²) in [5, 5.41) is 0. The third-order valence-corrected chi connectivity index (χ3v) is 5.83. The third-order valence-electron chi connectivity index (χ3n) is 4.34. The minimum atomic E-state index is -3.60. The first kappa shape index (κ1) is 21.5. The molecule has 2 atom stereocenters. The summed E-state index contributed by atoms with van der Waals surface area (Å²) >= 11 is 0. The summed E-state index contributed by atoms with van der Waals surface area (Å²) in [7, 11) is -3.60. The Hall–Kier alpha value is -2.20. The molecule has 0 saturated carbocycles. The van der Waals surface area contributed by atoms with Crippen LogP contribution >= 0.6 is 0 Å². The van der Waals surface area contributed by atoms with E-state index in [1.807, 2.05) is 32.9 Å². The van der Waals surface area contributed by atoms with Crippen LogP contribution in [0.25, 0.3) is 0 Å². The lowest BCUT2D eigenvalue weighted by molar-refractivity contribution is -0.0444. The van der Waals surface area contributed by atoms with Crippen molar-refractivity contribution < 1.29 is 22.6 Å². The summed E-state index contributed by atoms with van der Waals surface area (Å²) in [6.07, 6.45) is 1.32. The zero-order valence-corrected chi connectivity index (χ0v) is 17.7. The number of aromatic nitrogens is 1. The lowest BCUT2D eigenvalue weighted by Gasteiger charge is -2.34. The van der Waals surface area contributed by atoms with Crippen molar-refractivity contribution in [3.8, 4) is 17.4 Å². The average molecular weight is 422 g/mol. The molecule has 1 aliphatic rings. The van der Waals surface area contributed by atoms with E-state index in [-0.39, 0.29) is 18.8 Å². The minimum Gasteiger partial charge on any atom is -0.494 e. The van der Waals surface area contributed by atoms with Crippen molar-refractivity contribution in [3.63, 3.8) is 0 Å². The largest absolute Gasteiger partial charge is 0.494 e. The van der Waals surface area contributed by atoms with Gasteiger partial charge in [-0.2, -0.15) is 17.4 Å². The number of nitrogens with zero attached hydrogens (tertiary/aromatic N) is 2. The monoisotopic (exact) mass is 421 g/mol. The Labute approximate surface area is 172 Å². The van der Waals surface area contributed by atoms with Crippen LogP contribution in [0.3, 0.4) is 0 Å². The highest BCUT2D eigenvalue weighted by molar-refractivity contribution is 7.87. The zero-order chi connectivity index (χ0) is 20.9. The Bertz CT molecular complexity index is 895. The molecule has 1 fully saturated rings. The number of hydrogen-bond donors (Lipinski definition) is 1. The number of hydrogen-bond acceptors (Lipinski definition) is 6. The normalized spacial score (nSPS) is 20.4. The smallest absolute Gasteiger partial charge is 0.279 e. The summed E-state index contributed by atoms with van der Waals surface area (Å²) < 4.78 is 46.1. The molecule has 1 N–H and O–H groups in total. The standard InChI is InChI=1S/C20H27N3O5S/c1-4-26-18-5-7-19(8-6-18)28-20-11-17(9-10-21-20)12-22-29(24,25)23-13-15(2)27-16(3)14-23/h5-11,15-16,22H,4,12-14H2,1-3H3. The first-order chi connectivity index (χ1) is 13.9. The predicted molar refractivity (Wildman–Crippen MR) is 109 cm³/mol. The van der Waals surface area contributed by atoms with Crippen LogP contribution in [0, 0.1) is 0 Å². The highest BCUT2D eigenvalue weighted by Crippen LogP contribution is 2.23. The van der Waals surface area contributed by atoms with E-state index in [9.17, 15) is 8.42 Å². The first-order valence-corrected chi connectivity index (χ1v) is 11.1. The van der Waals surface area contributed by atoms with Gasteiger partial charge in [0.1, 0.15) is 11.5 Å². The van der Waals surface area contributed by atoms with Crippen molar-refractivity contribution in [3.05, 3.63) is 48.2 Å². The second-order valence-corrected chi connectivity index (χ2v) is 8.66. The van der Waals surface area contributed by atoms with Gasteiger partial charge in [0.25, 0.3) is 10.2 Å². The molecule has 29 heavy (non-hydrogen) atoms. The Morgan fingerprint density at radius 3 is 2.45 bits per heavy atom. The lowest BCUT2D eigenvalue weighted by Crippen LogP contribution is -2.51. The van der Waals surface area contributed by atoms with E-state index in [0.29, 0.717) is 31.3 Å². The molecule has 1 aromatic carbocycles. The van der Waals surface area contributed by atoms with Crippen LogP contribution in [0.2, 0.25) is 0 Å². The molecule has 0 bridgehead atoms. The molecule has 2 unspecified atom stereocenters. The van der Waals surface area contributed by atoms with Gasteiger partial charge >= 0.3 is 0 Å². The summed E-state index contributed by atoms with van der Waals surface area (Å²) in [6.45, 7) is 7.07. The topological polar surface area (TPSA) is 90.0 Å². The number of pyridine rings is 1. The quantitative estimate of drug-likeness (QED) is 0.705. The number of rotatable bonds is 8. The van der Waals surface area contributed by atoms with Crippen molar-refractivity contribution in [2.75, 3.05) is 19.7 Å². The molecule has 9 heteroatoms. The van der Waals surface area contributed by atoms with Gasteiger partial charge in [-0.25, -0.2) is 4.98 Å². The van der Waals surface area contributed by atoms with Crippen molar-refractivity contribution in [2.45, 2.75) is 39.5 Å². The Kier molecular flexibility index (Phi) is 7.07. The molecule has 1 saturated heterocycles. The average Bonchev–Trinajstić information content (AvgIpc) is 2.68. The van der Waals surface area contributed by atoms with Crippen LogP contribution in [0.5, 0.6) is 17.4 Å². The van der Waals surface area contributed by atoms with Crippen molar-refractivity contribution in [1.82, 2.24) is 14.0 Å². The second-order valence-electron chi connectivity index (χ2n) is 6.91. The van der Waals surface area contributed by atoms with Crippen LogP contribution < -0.4 is 14.2 Å². The Balaban J connectivity index is 1.60. The van der Waals surface area contributed by atoms with E-state index in [1.165, 1.54) is 4.31 Å². The van der Waals surface area contributed by atoms with Gasteiger partial charge in [-0.3, -0.25) is 0 Å². The molecule has 0 amide bonds. The molecular weight excluding hydrogens is 394 g/mol. The lowest BCUT2D eigenvalue weighted by atomic mass is 10.3. The van der Waals surface area contributed by atoms with Crippen molar-refractivity contribution in [2.24, 2.45) is 0 Å². The number of ether oxygens (including phenoxy) is 3. The molecule has 2 heterocycles. The van der Waals surface area contributed by atoms with E-state index in [0.717, 1.165) is 11.3 Å². The van der Waals surface area contributed by atoms with E-state index in [4.69, 9.17) is 14.2 Å². The molecular formula is C20H27N3O5S. The molecule has 0 aliphatic carbocycles. The molecule has 3 rings (SSSR count). The van der Waals surface area contributed by atoms with E-state index < -0.39 is 10.2 Å². The number of morpholine rings is 1. The maximum absolute atomic E-state index is 12.6. The van der Waals surface area contributed by atoms with Gasteiger partial charge in [-0.1, -0.05) is 0 Å². The fourth-order valence-corrected chi connectivity index (χ4v) is 4.44. The predicted octanol–water partition coefficient (Wildman–Crippen LogP) is 2.72. The second kappa shape index (κ2) is 9.53. The van der Waals surface area contributed by atoms with Crippen LogP contribution in [-0.4, -0.2) is 49.6 Å². The first-order valence-electron chi connectivity index (χ1n) is 9.61. The van der Waals surface area contributed by atoms with Gasteiger partial charge in [0.2, 0.25) is 5.88 Å². The van der Waals surface area contributed by atoms with Crippen molar-refractivity contribution >= 4 is 10.2 Å². The number of nitrogens with one attached hydrogen (secondary N) is 1. The van der Waals surface area contributed by atoms with Crippen LogP contribution in [0.4, 0.5) is 0 Å². The summed E-state index contributed by atoms with van der Waals surface area (Å²) in [4.78, 5) is 4.19.